The molecule has 1 atom stereocenters. The topological polar surface area (TPSA) is 58.4 Å². The zero-order valence-corrected chi connectivity index (χ0v) is 11.1. The first kappa shape index (κ1) is 13.1. The Morgan fingerprint density at radius 2 is 2.33 bits per heavy atom. The second kappa shape index (κ2) is 5.10. The molecule has 0 amide bonds. The highest BCUT2D eigenvalue weighted by atomic mass is 16.4. The summed E-state index contributed by atoms with van der Waals surface area (Å²) in [7, 11) is 1.92. The van der Waals surface area contributed by atoms with Crippen LogP contribution in [0.15, 0.2) is 12.3 Å². The fraction of sp³-hybridized carbons (Fsp3) is 0.692. The van der Waals surface area contributed by atoms with E-state index in [1.807, 2.05) is 24.7 Å². The monoisotopic (exact) mass is 251 g/mol. The van der Waals surface area contributed by atoms with Crippen molar-refractivity contribution in [2.24, 2.45) is 7.05 Å². The lowest BCUT2D eigenvalue weighted by Gasteiger charge is -2.41. The van der Waals surface area contributed by atoms with E-state index >= 15 is 0 Å². The Morgan fingerprint density at radius 3 is 2.94 bits per heavy atom. The van der Waals surface area contributed by atoms with Gasteiger partial charge in [-0.25, -0.2) is 0 Å². The predicted molar refractivity (Wildman–Crippen MR) is 68.4 cm³/mol. The van der Waals surface area contributed by atoms with Gasteiger partial charge in [0.1, 0.15) is 5.54 Å². The molecule has 100 valence electrons. The Hall–Kier alpha value is -1.36. The standard InChI is InChI=1S/C13H21N3O2/c1-13(12(17)18)7-3-4-9-16(13)10-6-11-5-8-14-15(11)2/h5,8H,3-4,6-7,9-10H2,1-2H3,(H,17,18). The Kier molecular flexibility index (Phi) is 3.71. The number of aliphatic carboxylic acids is 1. The van der Waals surface area contributed by atoms with Crippen molar-refractivity contribution in [1.82, 2.24) is 14.7 Å². The molecule has 0 radical (unpaired) electrons. The molecule has 5 heteroatoms. The largest absolute Gasteiger partial charge is 0.480 e. The number of hydrogen-bond acceptors (Lipinski definition) is 3. The number of likely N-dealkylation sites (tertiary alicyclic amines) is 1. The summed E-state index contributed by atoms with van der Waals surface area (Å²) in [6.45, 7) is 3.50. The summed E-state index contributed by atoms with van der Waals surface area (Å²) in [5.41, 5.74) is 0.449. The fourth-order valence-electron chi connectivity index (χ4n) is 2.67. The molecule has 0 aliphatic carbocycles. The number of aryl methyl sites for hydroxylation is 1. The van der Waals surface area contributed by atoms with Crippen LogP contribution in [0, 0.1) is 0 Å². The number of hydrogen-bond donors (Lipinski definition) is 1. The third-order valence-corrected chi connectivity index (χ3v) is 4.06. The van der Waals surface area contributed by atoms with Crippen LogP contribution in [0.1, 0.15) is 31.9 Å². The van der Waals surface area contributed by atoms with E-state index in [2.05, 4.69) is 10.00 Å². The Balaban J connectivity index is 2.02. The van der Waals surface area contributed by atoms with Gasteiger partial charge in [0.25, 0.3) is 0 Å². The summed E-state index contributed by atoms with van der Waals surface area (Å²) in [5, 5.41) is 13.6. The molecule has 5 nitrogen and oxygen atoms in total. The lowest BCUT2D eigenvalue weighted by Crippen LogP contribution is -2.55. The molecule has 18 heavy (non-hydrogen) atoms. The third-order valence-electron chi connectivity index (χ3n) is 4.06. The average Bonchev–Trinajstić information content (AvgIpc) is 2.74. The van der Waals surface area contributed by atoms with E-state index in [0.717, 1.165) is 44.5 Å². The molecule has 0 bridgehead atoms. The van der Waals surface area contributed by atoms with E-state index in [4.69, 9.17) is 0 Å². The van der Waals surface area contributed by atoms with Crippen molar-refractivity contribution >= 4 is 5.97 Å². The molecule has 1 aromatic rings. The van der Waals surface area contributed by atoms with Crippen molar-refractivity contribution in [3.05, 3.63) is 18.0 Å². The van der Waals surface area contributed by atoms with Gasteiger partial charge in [-0.2, -0.15) is 5.10 Å². The van der Waals surface area contributed by atoms with Gasteiger partial charge >= 0.3 is 5.97 Å². The van der Waals surface area contributed by atoms with Crippen molar-refractivity contribution in [3.63, 3.8) is 0 Å². The van der Waals surface area contributed by atoms with E-state index < -0.39 is 11.5 Å². The second-order valence-electron chi connectivity index (χ2n) is 5.22. The van der Waals surface area contributed by atoms with Crippen LogP contribution >= 0.6 is 0 Å². The van der Waals surface area contributed by atoms with Gasteiger partial charge in [-0.15, -0.1) is 0 Å². The summed E-state index contributed by atoms with van der Waals surface area (Å²) in [6, 6.07) is 1.99. The van der Waals surface area contributed by atoms with Gasteiger partial charge in [0.05, 0.1) is 0 Å². The molecule has 1 unspecified atom stereocenters. The molecule has 1 N–H and O–H groups in total. The summed E-state index contributed by atoms with van der Waals surface area (Å²) >= 11 is 0. The summed E-state index contributed by atoms with van der Waals surface area (Å²) < 4.78 is 1.85. The fourth-order valence-corrected chi connectivity index (χ4v) is 2.67. The minimum Gasteiger partial charge on any atom is -0.480 e. The SMILES string of the molecule is Cn1nccc1CCN1CCCCC1(C)C(=O)O. The summed E-state index contributed by atoms with van der Waals surface area (Å²) in [4.78, 5) is 13.6. The first-order chi connectivity index (χ1) is 8.54. The summed E-state index contributed by atoms with van der Waals surface area (Å²) in [6.07, 6.45) is 5.47. The van der Waals surface area contributed by atoms with Gasteiger partial charge in [-0.3, -0.25) is 14.4 Å². The molecular weight excluding hydrogens is 230 g/mol. The van der Waals surface area contributed by atoms with Crippen molar-refractivity contribution in [1.29, 1.82) is 0 Å². The van der Waals surface area contributed by atoms with Crippen molar-refractivity contribution < 1.29 is 9.90 Å². The highest BCUT2D eigenvalue weighted by molar-refractivity contribution is 5.78. The molecule has 1 aliphatic rings. The van der Waals surface area contributed by atoms with Crippen LogP contribution in [0.3, 0.4) is 0 Å². The van der Waals surface area contributed by atoms with E-state index in [1.54, 1.807) is 6.20 Å². The van der Waals surface area contributed by atoms with Gasteiger partial charge in [-0.1, -0.05) is 0 Å². The zero-order chi connectivity index (χ0) is 13.2. The van der Waals surface area contributed by atoms with E-state index in [0.29, 0.717) is 0 Å². The van der Waals surface area contributed by atoms with Crippen molar-refractivity contribution in [3.8, 4) is 0 Å². The van der Waals surface area contributed by atoms with Crippen LogP contribution in [0.25, 0.3) is 0 Å². The Labute approximate surface area is 107 Å². The number of carboxylic acid groups (broad SMARTS) is 1. The maximum Gasteiger partial charge on any atom is 0.323 e. The smallest absolute Gasteiger partial charge is 0.323 e. The Morgan fingerprint density at radius 1 is 1.56 bits per heavy atom. The summed E-state index contributed by atoms with van der Waals surface area (Å²) in [5.74, 6) is -0.702. The molecule has 1 saturated heterocycles. The van der Waals surface area contributed by atoms with Gasteiger partial charge in [0, 0.05) is 31.9 Å². The third kappa shape index (κ3) is 2.41. The lowest BCUT2D eigenvalue weighted by atomic mass is 9.88. The first-order valence-electron chi connectivity index (χ1n) is 6.49. The number of carboxylic acids is 1. The van der Waals surface area contributed by atoms with Gasteiger partial charge in [0.2, 0.25) is 0 Å². The second-order valence-corrected chi connectivity index (χ2v) is 5.22. The molecule has 2 rings (SSSR count). The van der Waals surface area contributed by atoms with Gasteiger partial charge in [-0.05, 0) is 38.8 Å². The van der Waals surface area contributed by atoms with E-state index in [-0.39, 0.29) is 0 Å². The highest BCUT2D eigenvalue weighted by Gasteiger charge is 2.40. The predicted octanol–water partition coefficient (Wildman–Crippen LogP) is 1.29. The number of piperidine rings is 1. The Bertz CT molecular complexity index is 430. The van der Waals surface area contributed by atoms with Crippen LogP contribution in [0.4, 0.5) is 0 Å². The van der Waals surface area contributed by atoms with Crippen LogP contribution < -0.4 is 0 Å². The minimum atomic E-state index is -0.702. The molecule has 0 spiro atoms. The first-order valence-corrected chi connectivity index (χ1v) is 6.49. The van der Waals surface area contributed by atoms with Crippen LogP contribution in [-0.4, -0.2) is 44.4 Å². The lowest BCUT2D eigenvalue weighted by molar-refractivity contribution is -0.152. The molecule has 2 heterocycles. The van der Waals surface area contributed by atoms with Gasteiger partial charge in [0.15, 0.2) is 0 Å². The zero-order valence-electron chi connectivity index (χ0n) is 11.1. The average molecular weight is 251 g/mol. The normalized spacial score (nSPS) is 25.2. The molecular formula is C13H21N3O2. The maximum atomic E-state index is 11.5. The van der Waals surface area contributed by atoms with E-state index in [1.165, 1.54) is 0 Å². The maximum absolute atomic E-state index is 11.5. The number of carbonyl (C=O) groups is 1. The quantitative estimate of drug-likeness (QED) is 0.876. The van der Waals surface area contributed by atoms with Crippen LogP contribution in [0.5, 0.6) is 0 Å². The minimum absolute atomic E-state index is 0.698. The highest BCUT2D eigenvalue weighted by Crippen LogP contribution is 2.28. The number of rotatable bonds is 4. The van der Waals surface area contributed by atoms with Crippen molar-refractivity contribution in [2.75, 3.05) is 13.1 Å². The molecule has 0 aromatic carbocycles. The molecule has 1 fully saturated rings. The van der Waals surface area contributed by atoms with Crippen LogP contribution in [-0.2, 0) is 18.3 Å². The van der Waals surface area contributed by atoms with Gasteiger partial charge < -0.3 is 5.11 Å². The molecule has 1 aromatic heterocycles. The van der Waals surface area contributed by atoms with Crippen LogP contribution in [0.2, 0.25) is 0 Å². The molecule has 1 aliphatic heterocycles. The van der Waals surface area contributed by atoms with E-state index in [9.17, 15) is 9.90 Å². The molecule has 0 saturated carbocycles. The van der Waals surface area contributed by atoms with Crippen molar-refractivity contribution in [2.45, 2.75) is 38.1 Å². The number of nitrogens with zero attached hydrogens (tertiary/aromatic N) is 3. The number of aromatic nitrogens is 2.